The van der Waals surface area contributed by atoms with Gasteiger partial charge in [0.2, 0.25) is 0 Å². The van der Waals surface area contributed by atoms with E-state index in [0.717, 1.165) is 22.5 Å². The molecule has 0 aliphatic heterocycles. The van der Waals surface area contributed by atoms with Gasteiger partial charge >= 0.3 is 5.97 Å². The van der Waals surface area contributed by atoms with Crippen LogP contribution < -0.4 is 4.72 Å². The molecule has 2 aromatic rings. The third kappa shape index (κ3) is 3.83. The van der Waals surface area contributed by atoms with Gasteiger partial charge in [0.25, 0.3) is 10.0 Å². The van der Waals surface area contributed by atoms with Crippen LogP contribution in [0.2, 0.25) is 0 Å². The zero-order valence-corrected chi connectivity index (χ0v) is 13.2. The van der Waals surface area contributed by atoms with E-state index < -0.39 is 16.0 Å². The summed E-state index contributed by atoms with van der Waals surface area (Å²) in [6, 6.07) is 8.46. The predicted molar refractivity (Wildman–Crippen MR) is 82.4 cm³/mol. The number of rotatable bonds is 5. The summed E-state index contributed by atoms with van der Waals surface area (Å²) in [5, 5.41) is 8.72. The van der Waals surface area contributed by atoms with Crippen molar-refractivity contribution in [1.29, 1.82) is 0 Å². The van der Waals surface area contributed by atoms with Crippen LogP contribution in [0.4, 0.5) is 5.69 Å². The Balaban J connectivity index is 2.28. The minimum absolute atomic E-state index is 0.111. The van der Waals surface area contributed by atoms with Crippen molar-refractivity contribution in [2.24, 2.45) is 0 Å². The van der Waals surface area contributed by atoms with Crippen molar-refractivity contribution in [3.8, 4) is 0 Å². The number of anilines is 1. The molecule has 5 nitrogen and oxygen atoms in total. The third-order valence-electron chi connectivity index (χ3n) is 2.86. The zero-order valence-electron chi connectivity index (χ0n) is 11.6. The van der Waals surface area contributed by atoms with Gasteiger partial charge in [-0.1, -0.05) is 12.1 Å². The van der Waals surface area contributed by atoms with E-state index in [0.29, 0.717) is 10.6 Å². The van der Waals surface area contributed by atoms with E-state index in [1.54, 1.807) is 6.07 Å². The van der Waals surface area contributed by atoms with Crippen molar-refractivity contribution in [2.75, 3.05) is 4.72 Å². The lowest BCUT2D eigenvalue weighted by atomic mass is 10.1. The van der Waals surface area contributed by atoms with E-state index in [9.17, 15) is 13.2 Å². The van der Waals surface area contributed by atoms with E-state index in [1.807, 2.05) is 26.0 Å². The molecule has 0 fully saturated rings. The first-order valence-corrected chi connectivity index (χ1v) is 8.48. The summed E-state index contributed by atoms with van der Waals surface area (Å²) in [7, 11) is -3.69. The molecule has 1 aromatic heterocycles. The average molecular weight is 325 g/mol. The molecule has 0 unspecified atom stereocenters. The molecule has 0 spiro atoms. The number of hydrogen-bond acceptors (Lipinski definition) is 4. The number of thiophene rings is 1. The highest BCUT2D eigenvalue weighted by Gasteiger charge is 2.18. The summed E-state index contributed by atoms with van der Waals surface area (Å²) in [5.41, 5.74) is 2.31. The van der Waals surface area contributed by atoms with Gasteiger partial charge in [-0.3, -0.25) is 9.52 Å². The summed E-state index contributed by atoms with van der Waals surface area (Å²) in [5.74, 6) is -0.983. The molecule has 2 rings (SSSR count). The van der Waals surface area contributed by atoms with E-state index in [2.05, 4.69) is 4.72 Å². The number of sulfonamides is 1. The molecule has 0 saturated heterocycles. The van der Waals surface area contributed by atoms with Crippen LogP contribution in [-0.2, 0) is 21.2 Å². The number of carbonyl (C=O) groups is 1. The molecule has 0 radical (unpaired) electrons. The highest BCUT2D eigenvalue weighted by molar-refractivity contribution is 7.94. The maximum absolute atomic E-state index is 12.3. The lowest BCUT2D eigenvalue weighted by Crippen LogP contribution is -2.12. The number of carboxylic acid groups (broad SMARTS) is 1. The maximum Gasteiger partial charge on any atom is 0.308 e. The lowest BCUT2D eigenvalue weighted by Gasteiger charge is -2.10. The largest absolute Gasteiger partial charge is 0.481 e. The van der Waals surface area contributed by atoms with Crippen LogP contribution >= 0.6 is 11.3 Å². The average Bonchev–Trinajstić information content (AvgIpc) is 2.82. The summed E-state index contributed by atoms with van der Waals surface area (Å²) < 4.78 is 27.3. The molecule has 1 aromatic carbocycles. The summed E-state index contributed by atoms with van der Waals surface area (Å²) in [6.07, 6.45) is -0.177. The molecule has 21 heavy (non-hydrogen) atoms. The molecular formula is C14H15NO4S2. The molecule has 112 valence electrons. The van der Waals surface area contributed by atoms with Crippen LogP contribution in [0, 0.1) is 13.8 Å². The number of benzene rings is 1. The van der Waals surface area contributed by atoms with Crippen molar-refractivity contribution < 1.29 is 18.3 Å². The molecule has 0 amide bonds. The van der Waals surface area contributed by atoms with Crippen LogP contribution in [0.3, 0.4) is 0 Å². The molecule has 0 aliphatic carbocycles. The third-order valence-corrected chi connectivity index (χ3v) is 5.81. The molecule has 0 saturated carbocycles. The molecular weight excluding hydrogens is 310 g/mol. The normalized spacial score (nSPS) is 11.3. The van der Waals surface area contributed by atoms with Crippen molar-refractivity contribution in [2.45, 2.75) is 24.5 Å². The standard InChI is InChI=1S/C14H15NO4S2/c1-9-3-4-10(2)12(7-9)15-21(18,19)14-6-5-11(20-14)8-13(16)17/h3-7,15H,8H2,1-2H3,(H,16,17). The van der Waals surface area contributed by atoms with Gasteiger partial charge in [0.05, 0.1) is 12.1 Å². The fourth-order valence-corrected chi connectivity index (χ4v) is 4.26. The Morgan fingerprint density at radius 3 is 2.62 bits per heavy atom. The monoisotopic (exact) mass is 325 g/mol. The molecule has 7 heteroatoms. The fourth-order valence-electron chi connectivity index (χ4n) is 1.79. The van der Waals surface area contributed by atoms with Gasteiger partial charge in [0.15, 0.2) is 0 Å². The minimum Gasteiger partial charge on any atom is -0.481 e. The van der Waals surface area contributed by atoms with Crippen LogP contribution in [0.1, 0.15) is 16.0 Å². The SMILES string of the molecule is Cc1ccc(C)c(NS(=O)(=O)c2ccc(CC(=O)O)s2)c1. The number of nitrogens with one attached hydrogen (secondary N) is 1. The lowest BCUT2D eigenvalue weighted by molar-refractivity contribution is -0.136. The van der Waals surface area contributed by atoms with Gasteiger partial charge in [-0.15, -0.1) is 11.3 Å². The quantitative estimate of drug-likeness (QED) is 0.885. The number of aliphatic carboxylic acids is 1. The fraction of sp³-hybridized carbons (Fsp3) is 0.214. The first-order valence-electron chi connectivity index (χ1n) is 6.18. The van der Waals surface area contributed by atoms with Gasteiger partial charge in [-0.25, -0.2) is 8.42 Å². The second-order valence-electron chi connectivity index (χ2n) is 4.72. The Hall–Kier alpha value is -1.86. The maximum atomic E-state index is 12.3. The number of aryl methyl sites for hydroxylation is 2. The molecule has 0 bridgehead atoms. The van der Waals surface area contributed by atoms with Crippen LogP contribution in [0.5, 0.6) is 0 Å². The van der Waals surface area contributed by atoms with Crippen LogP contribution in [0.15, 0.2) is 34.5 Å². The van der Waals surface area contributed by atoms with Crippen molar-refractivity contribution in [3.05, 3.63) is 46.3 Å². The Morgan fingerprint density at radius 2 is 1.95 bits per heavy atom. The Bertz CT molecular complexity index is 778. The molecule has 0 aliphatic rings. The molecule has 0 atom stereocenters. The molecule has 1 heterocycles. The van der Waals surface area contributed by atoms with Gasteiger partial charge in [0, 0.05) is 4.88 Å². The van der Waals surface area contributed by atoms with Crippen molar-refractivity contribution in [3.63, 3.8) is 0 Å². The number of hydrogen-bond donors (Lipinski definition) is 2. The van der Waals surface area contributed by atoms with Gasteiger partial charge < -0.3 is 5.11 Å². The predicted octanol–water partition coefficient (Wildman–Crippen LogP) is 2.79. The van der Waals surface area contributed by atoms with E-state index in [4.69, 9.17) is 5.11 Å². The Labute approximate surface area is 127 Å². The Kier molecular flexibility index (Phi) is 4.34. The molecule has 2 N–H and O–H groups in total. The van der Waals surface area contributed by atoms with Crippen molar-refractivity contribution >= 4 is 33.0 Å². The second kappa shape index (κ2) is 5.87. The first kappa shape index (κ1) is 15.5. The summed E-state index contributed by atoms with van der Waals surface area (Å²) in [6.45, 7) is 3.70. The second-order valence-corrected chi connectivity index (χ2v) is 7.79. The Morgan fingerprint density at radius 1 is 1.24 bits per heavy atom. The highest BCUT2D eigenvalue weighted by atomic mass is 32.2. The van der Waals surface area contributed by atoms with Crippen LogP contribution in [0.25, 0.3) is 0 Å². The van der Waals surface area contributed by atoms with Gasteiger partial charge in [-0.05, 0) is 43.2 Å². The zero-order chi connectivity index (χ0) is 15.6. The van der Waals surface area contributed by atoms with E-state index >= 15 is 0 Å². The summed E-state index contributed by atoms with van der Waals surface area (Å²) >= 11 is 0.966. The van der Waals surface area contributed by atoms with Gasteiger partial charge in [0.1, 0.15) is 4.21 Å². The van der Waals surface area contributed by atoms with E-state index in [-0.39, 0.29) is 10.6 Å². The number of carboxylic acids is 1. The first-order chi connectivity index (χ1) is 9.78. The topological polar surface area (TPSA) is 83.5 Å². The van der Waals surface area contributed by atoms with Crippen LogP contribution in [-0.4, -0.2) is 19.5 Å². The smallest absolute Gasteiger partial charge is 0.308 e. The highest BCUT2D eigenvalue weighted by Crippen LogP contribution is 2.26. The van der Waals surface area contributed by atoms with Gasteiger partial charge in [-0.2, -0.15) is 0 Å². The minimum atomic E-state index is -3.69. The summed E-state index contributed by atoms with van der Waals surface area (Å²) in [4.78, 5) is 11.1. The van der Waals surface area contributed by atoms with E-state index in [1.165, 1.54) is 12.1 Å². The van der Waals surface area contributed by atoms with Crippen molar-refractivity contribution in [1.82, 2.24) is 0 Å².